The molecule has 0 saturated heterocycles. The predicted molar refractivity (Wildman–Crippen MR) is 102 cm³/mol. The van der Waals surface area contributed by atoms with Crippen molar-refractivity contribution in [3.05, 3.63) is 34.4 Å². The fourth-order valence-corrected chi connectivity index (χ4v) is 2.59. The van der Waals surface area contributed by atoms with Crippen LogP contribution < -0.4 is 0 Å². The summed E-state index contributed by atoms with van der Waals surface area (Å²) < 4.78 is 0. The van der Waals surface area contributed by atoms with Crippen LogP contribution in [0.15, 0.2) is 24.3 Å². The Labute approximate surface area is 152 Å². The Morgan fingerprint density at radius 2 is 1.44 bits per heavy atom. The van der Waals surface area contributed by atoms with E-state index in [2.05, 4.69) is 13.0 Å². The summed E-state index contributed by atoms with van der Waals surface area (Å²) in [5.74, 6) is -0.735. The number of rotatable bonds is 17. The molecule has 0 aromatic carbocycles. The van der Waals surface area contributed by atoms with E-state index in [1.165, 1.54) is 25.7 Å². The van der Waals surface area contributed by atoms with Crippen LogP contribution in [-0.2, 0) is 4.79 Å². The molecule has 0 spiro atoms. The number of unbranched alkanes of at least 4 members (excludes halogenated alkanes) is 8. The van der Waals surface area contributed by atoms with E-state index in [1.54, 1.807) is 0 Å². The van der Waals surface area contributed by atoms with Crippen molar-refractivity contribution in [2.75, 3.05) is 0 Å². The number of carboxylic acids is 1. The molecule has 0 rings (SSSR count). The van der Waals surface area contributed by atoms with Crippen molar-refractivity contribution in [1.29, 1.82) is 0 Å². The molecule has 0 fully saturated rings. The number of allylic oxidation sites excluding steroid dienone is 2. The lowest BCUT2D eigenvalue weighted by atomic mass is 10.1. The Morgan fingerprint density at radius 3 is 1.92 bits per heavy atom. The van der Waals surface area contributed by atoms with Gasteiger partial charge in [0.05, 0.1) is 0 Å². The van der Waals surface area contributed by atoms with Gasteiger partial charge in [-0.3, -0.25) is 14.9 Å². The smallest absolute Gasteiger partial charge is 0.303 e. The first kappa shape index (κ1) is 23.4. The molecule has 5 nitrogen and oxygen atoms in total. The van der Waals surface area contributed by atoms with E-state index >= 15 is 0 Å². The minimum absolute atomic E-state index is 0.183. The van der Waals surface area contributed by atoms with Gasteiger partial charge in [0.15, 0.2) is 0 Å². The van der Waals surface area contributed by atoms with Crippen LogP contribution in [-0.4, -0.2) is 22.0 Å². The maximum atomic E-state index is 11.1. The van der Waals surface area contributed by atoms with E-state index < -0.39 is 12.0 Å². The standard InChI is InChI=1S/C20H35NO4/c1-2-3-4-5-7-10-13-16-19(21(24)25)17-14-11-8-6-9-12-15-18-20(22)23/h10-11,13-14,19H,2-9,12,15-18H2,1H3,(H,22,23)/b13-10?,14-11+. The molecular weight excluding hydrogens is 318 g/mol. The van der Waals surface area contributed by atoms with Crippen molar-refractivity contribution >= 4 is 5.97 Å². The zero-order valence-electron chi connectivity index (χ0n) is 15.7. The number of carboxylic acid groups (broad SMARTS) is 1. The van der Waals surface area contributed by atoms with Crippen molar-refractivity contribution in [2.45, 2.75) is 96.4 Å². The average molecular weight is 354 g/mol. The second kappa shape index (κ2) is 17.2. The highest BCUT2D eigenvalue weighted by Crippen LogP contribution is 2.10. The van der Waals surface area contributed by atoms with E-state index in [1.807, 2.05) is 18.2 Å². The second-order valence-corrected chi connectivity index (χ2v) is 6.55. The molecule has 144 valence electrons. The molecule has 0 aromatic heterocycles. The van der Waals surface area contributed by atoms with E-state index in [0.29, 0.717) is 12.8 Å². The molecule has 0 radical (unpaired) electrons. The molecule has 1 unspecified atom stereocenters. The largest absolute Gasteiger partial charge is 0.481 e. The van der Waals surface area contributed by atoms with Crippen LogP contribution >= 0.6 is 0 Å². The first-order valence-electron chi connectivity index (χ1n) is 9.73. The lowest BCUT2D eigenvalue weighted by Crippen LogP contribution is -2.17. The Bertz CT molecular complexity index is 405. The highest BCUT2D eigenvalue weighted by atomic mass is 16.6. The molecular formula is C20H35NO4. The first-order valence-corrected chi connectivity index (χ1v) is 9.73. The summed E-state index contributed by atoms with van der Waals surface area (Å²) >= 11 is 0. The first-order chi connectivity index (χ1) is 12.1. The third-order valence-corrected chi connectivity index (χ3v) is 4.18. The lowest BCUT2D eigenvalue weighted by Gasteiger charge is -2.04. The van der Waals surface area contributed by atoms with Crippen LogP contribution in [0.1, 0.15) is 90.4 Å². The Kier molecular flexibility index (Phi) is 16.0. The zero-order chi connectivity index (χ0) is 18.8. The molecule has 0 aliphatic carbocycles. The molecule has 0 aromatic rings. The normalized spacial score (nSPS) is 12.8. The van der Waals surface area contributed by atoms with Gasteiger partial charge >= 0.3 is 5.97 Å². The Hall–Kier alpha value is -1.65. The van der Waals surface area contributed by atoms with E-state index in [4.69, 9.17) is 5.11 Å². The van der Waals surface area contributed by atoms with Crippen LogP contribution in [0.2, 0.25) is 0 Å². The minimum Gasteiger partial charge on any atom is -0.481 e. The summed E-state index contributed by atoms with van der Waals surface area (Å²) in [4.78, 5) is 21.3. The van der Waals surface area contributed by atoms with Gasteiger partial charge in [-0.2, -0.15) is 0 Å². The van der Waals surface area contributed by atoms with Gasteiger partial charge in [-0.1, -0.05) is 63.3 Å². The van der Waals surface area contributed by atoms with Gasteiger partial charge in [-0.05, 0) is 32.1 Å². The fraction of sp³-hybridized carbons (Fsp3) is 0.750. The molecule has 0 aliphatic heterocycles. The number of carbonyl (C=O) groups is 1. The SMILES string of the molecule is CCCCCCC=CCC(C/C=C/CCCCCCC(=O)O)[N+](=O)[O-]. The summed E-state index contributed by atoms with van der Waals surface area (Å²) in [6.45, 7) is 2.19. The summed E-state index contributed by atoms with van der Waals surface area (Å²) in [6, 6.07) is -0.529. The Morgan fingerprint density at radius 1 is 0.920 bits per heavy atom. The minimum atomic E-state index is -0.735. The number of aliphatic carboxylic acids is 1. The molecule has 1 atom stereocenters. The number of hydrogen-bond acceptors (Lipinski definition) is 3. The molecule has 0 saturated carbocycles. The maximum absolute atomic E-state index is 11.1. The van der Waals surface area contributed by atoms with Crippen LogP contribution in [0, 0.1) is 10.1 Å². The summed E-state index contributed by atoms with van der Waals surface area (Å²) in [6.07, 6.45) is 19.7. The van der Waals surface area contributed by atoms with Gasteiger partial charge in [0.2, 0.25) is 6.04 Å². The summed E-state index contributed by atoms with van der Waals surface area (Å²) in [7, 11) is 0. The van der Waals surface area contributed by atoms with E-state index in [-0.39, 0.29) is 11.3 Å². The van der Waals surface area contributed by atoms with Crippen molar-refractivity contribution in [3.8, 4) is 0 Å². The second-order valence-electron chi connectivity index (χ2n) is 6.55. The highest BCUT2D eigenvalue weighted by molar-refractivity contribution is 5.66. The van der Waals surface area contributed by atoms with Gasteiger partial charge < -0.3 is 5.11 Å². The molecule has 0 amide bonds. The van der Waals surface area contributed by atoms with Crippen LogP contribution in [0.3, 0.4) is 0 Å². The topological polar surface area (TPSA) is 80.4 Å². The van der Waals surface area contributed by atoms with Gasteiger partial charge in [-0.25, -0.2) is 0 Å². The van der Waals surface area contributed by atoms with Crippen molar-refractivity contribution in [1.82, 2.24) is 0 Å². The molecule has 1 N–H and O–H groups in total. The average Bonchev–Trinajstić information content (AvgIpc) is 2.57. The monoisotopic (exact) mass is 353 g/mol. The van der Waals surface area contributed by atoms with Crippen LogP contribution in [0.4, 0.5) is 0 Å². The van der Waals surface area contributed by atoms with Gasteiger partial charge in [-0.15, -0.1) is 0 Å². The molecule has 5 heteroatoms. The van der Waals surface area contributed by atoms with E-state index in [0.717, 1.165) is 38.5 Å². The number of hydrogen-bond donors (Lipinski definition) is 1. The third-order valence-electron chi connectivity index (χ3n) is 4.18. The predicted octanol–water partition coefficient (Wildman–Crippen LogP) is 5.92. The summed E-state index contributed by atoms with van der Waals surface area (Å²) in [5.41, 5.74) is 0. The zero-order valence-corrected chi connectivity index (χ0v) is 15.7. The Balaban J connectivity index is 3.76. The van der Waals surface area contributed by atoms with E-state index in [9.17, 15) is 14.9 Å². The van der Waals surface area contributed by atoms with Crippen LogP contribution in [0.25, 0.3) is 0 Å². The molecule has 25 heavy (non-hydrogen) atoms. The highest BCUT2D eigenvalue weighted by Gasteiger charge is 2.15. The fourth-order valence-electron chi connectivity index (χ4n) is 2.59. The third kappa shape index (κ3) is 17.0. The quantitative estimate of drug-likeness (QED) is 0.152. The lowest BCUT2D eigenvalue weighted by molar-refractivity contribution is -0.520. The van der Waals surface area contributed by atoms with Crippen molar-refractivity contribution < 1.29 is 14.8 Å². The molecule has 0 aliphatic rings. The molecule has 0 heterocycles. The van der Waals surface area contributed by atoms with Crippen molar-refractivity contribution in [3.63, 3.8) is 0 Å². The number of nitrogens with zero attached hydrogens (tertiary/aromatic N) is 1. The van der Waals surface area contributed by atoms with Gasteiger partial charge in [0.1, 0.15) is 0 Å². The number of nitro groups is 1. The van der Waals surface area contributed by atoms with Gasteiger partial charge in [0.25, 0.3) is 0 Å². The van der Waals surface area contributed by atoms with Gasteiger partial charge in [0, 0.05) is 24.2 Å². The summed E-state index contributed by atoms with van der Waals surface area (Å²) in [5, 5.41) is 19.6. The van der Waals surface area contributed by atoms with Crippen molar-refractivity contribution in [2.24, 2.45) is 0 Å². The molecule has 0 bridgehead atoms. The van der Waals surface area contributed by atoms with Crippen LogP contribution in [0.5, 0.6) is 0 Å². The maximum Gasteiger partial charge on any atom is 0.303 e.